The maximum absolute atomic E-state index is 10.9. The number of carbonyl (C=O) groups is 1. The number of nitriles is 1. The van der Waals surface area contributed by atoms with Crippen molar-refractivity contribution < 1.29 is 9.90 Å². The predicted molar refractivity (Wildman–Crippen MR) is 50.1 cm³/mol. The van der Waals surface area contributed by atoms with Gasteiger partial charge in [-0.1, -0.05) is 0 Å². The summed E-state index contributed by atoms with van der Waals surface area (Å²) in [7, 11) is 0. The van der Waals surface area contributed by atoms with Crippen molar-refractivity contribution in [2.75, 3.05) is 6.54 Å². The highest BCUT2D eigenvalue weighted by molar-refractivity contribution is 5.65. The van der Waals surface area contributed by atoms with Gasteiger partial charge in [-0.15, -0.1) is 0 Å². The van der Waals surface area contributed by atoms with E-state index in [9.17, 15) is 4.79 Å². The monoisotopic (exact) mass is 206 g/mol. The van der Waals surface area contributed by atoms with Gasteiger partial charge in [0.2, 0.25) is 0 Å². The van der Waals surface area contributed by atoms with E-state index in [2.05, 4.69) is 5.10 Å². The molecule has 0 unspecified atom stereocenters. The Bertz CT molecular complexity index is 445. The molecule has 0 aliphatic carbocycles. The number of hydrogen-bond acceptors (Lipinski definition) is 3. The quantitative estimate of drug-likeness (QED) is 0.680. The lowest BCUT2D eigenvalue weighted by atomic mass is 10.1. The number of fused-ring (bicyclic) bond motifs is 1. The Hall–Kier alpha value is -2.03. The fourth-order valence-corrected chi connectivity index (χ4v) is 1.82. The third-order valence-electron chi connectivity index (χ3n) is 2.62. The van der Waals surface area contributed by atoms with Crippen LogP contribution in [-0.2, 0) is 6.54 Å². The summed E-state index contributed by atoms with van der Waals surface area (Å²) in [6, 6.07) is 3.34. The van der Waals surface area contributed by atoms with Crippen LogP contribution in [0.15, 0.2) is 6.07 Å². The summed E-state index contributed by atoms with van der Waals surface area (Å²) in [5.41, 5.74) is 1.12. The highest BCUT2D eigenvalue weighted by atomic mass is 16.4. The summed E-state index contributed by atoms with van der Waals surface area (Å²) in [5, 5.41) is 21.7. The van der Waals surface area contributed by atoms with Gasteiger partial charge in [-0.3, -0.25) is 9.58 Å². The normalized spacial score (nSPS) is 19.5. The van der Waals surface area contributed by atoms with Crippen molar-refractivity contribution in [3.8, 4) is 6.07 Å². The number of carboxylic acid groups (broad SMARTS) is 1. The van der Waals surface area contributed by atoms with Crippen molar-refractivity contribution in [3.63, 3.8) is 0 Å². The van der Waals surface area contributed by atoms with E-state index in [0.29, 0.717) is 18.8 Å². The fraction of sp³-hybridized carbons (Fsp3) is 0.444. The molecule has 6 heteroatoms. The van der Waals surface area contributed by atoms with Crippen molar-refractivity contribution in [2.24, 2.45) is 0 Å². The van der Waals surface area contributed by atoms with Crippen molar-refractivity contribution in [3.05, 3.63) is 17.5 Å². The lowest BCUT2D eigenvalue weighted by molar-refractivity contribution is 0.113. The number of amides is 1. The van der Waals surface area contributed by atoms with Crippen molar-refractivity contribution >= 4 is 6.09 Å². The average molecular weight is 206 g/mol. The summed E-state index contributed by atoms with van der Waals surface area (Å²) in [6.45, 7) is 2.71. The Morgan fingerprint density at radius 3 is 3.07 bits per heavy atom. The molecule has 0 saturated heterocycles. The molecule has 0 saturated carbocycles. The molecule has 1 amide bonds. The summed E-state index contributed by atoms with van der Waals surface area (Å²) >= 11 is 0. The largest absolute Gasteiger partial charge is 0.465 e. The van der Waals surface area contributed by atoms with Crippen LogP contribution in [0.5, 0.6) is 0 Å². The van der Waals surface area contributed by atoms with E-state index >= 15 is 0 Å². The van der Waals surface area contributed by atoms with Gasteiger partial charge in [-0.05, 0) is 13.0 Å². The second-order valence-electron chi connectivity index (χ2n) is 3.44. The molecule has 1 aromatic rings. The van der Waals surface area contributed by atoms with Crippen LogP contribution in [0.25, 0.3) is 0 Å². The van der Waals surface area contributed by atoms with Gasteiger partial charge in [-0.25, -0.2) is 4.79 Å². The first-order chi connectivity index (χ1) is 7.13. The third-order valence-corrected chi connectivity index (χ3v) is 2.62. The average Bonchev–Trinajstić information content (AvgIpc) is 2.61. The maximum atomic E-state index is 10.9. The van der Waals surface area contributed by atoms with Crippen LogP contribution >= 0.6 is 0 Å². The second kappa shape index (κ2) is 3.28. The highest BCUT2D eigenvalue weighted by Gasteiger charge is 2.28. The molecular formula is C9H10N4O2. The Morgan fingerprint density at radius 1 is 1.73 bits per heavy atom. The minimum atomic E-state index is -0.937. The predicted octanol–water partition coefficient (Wildman–Crippen LogP) is 0.809. The standard InChI is InChI=1S/C9H10N4O2/c1-6-8-4-7(5-10)11-13(8)3-2-12(6)9(14)15/h4,6H,2-3H2,1H3,(H,14,15)/t6-/m0/s1. The summed E-state index contributed by atoms with van der Waals surface area (Å²) in [5.74, 6) is 0. The van der Waals surface area contributed by atoms with Gasteiger partial charge in [0.25, 0.3) is 0 Å². The number of nitrogens with zero attached hydrogens (tertiary/aromatic N) is 4. The van der Waals surface area contributed by atoms with E-state index in [0.717, 1.165) is 5.69 Å². The van der Waals surface area contributed by atoms with Crippen LogP contribution in [0.4, 0.5) is 4.79 Å². The Kier molecular flexibility index (Phi) is 2.08. The summed E-state index contributed by atoms with van der Waals surface area (Å²) < 4.78 is 1.70. The van der Waals surface area contributed by atoms with Gasteiger partial charge in [-0.2, -0.15) is 10.4 Å². The molecule has 78 valence electrons. The number of aromatic nitrogens is 2. The first kappa shape index (κ1) is 9.52. The van der Waals surface area contributed by atoms with Gasteiger partial charge >= 0.3 is 6.09 Å². The van der Waals surface area contributed by atoms with Crippen LogP contribution < -0.4 is 0 Å². The molecule has 2 heterocycles. The van der Waals surface area contributed by atoms with E-state index in [1.807, 2.05) is 6.07 Å². The summed E-state index contributed by atoms with van der Waals surface area (Å²) in [4.78, 5) is 12.2. The van der Waals surface area contributed by atoms with Crippen molar-refractivity contribution in [1.29, 1.82) is 5.26 Å². The van der Waals surface area contributed by atoms with Gasteiger partial charge in [0.1, 0.15) is 6.07 Å². The van der Waals surface area contributed by atoms with Gasteiger partial charge < -0.3 is 5.11 Å². The van der Waals surface area contributed by atoms with Crippen LogP contribution in [-0.4, -0.2) is 32.4 Å². The lowest BCUT2D eigenvalue weighted by Gasteiger charge is -2.31. The molecule has 1 aromatic heterocycles. The second-order valence-corrected chi connectivity index (χ2v) is 3.44. The molecule has 0 spiro atoms. The first-order valence-corrected chi connectivity index (χ1v) is 4.61. The zero-order valence-electron chi connectivity index (χ0n) is 8.21. The van der Waals surface area contributed by atoms with Gasteiger partial charge in [0.05, 0.1) is 18.3 Å². The van der Waals surface area contributed by atoms with Crippen LogP contribution in [0.2, 0.25) is 0 Å². The van der Waals surface area contributed by atoms with Crippen molar-refractivity contribution in [2.45, 2.75) is 19.5 Å². The molecule has 2 rings (SSSR count). The van der Waals surface area contributed by atoms with Gasteiger partial charge in [0, 0.05) is 6.54 Å². The van der Waals surface area contributed by atoms with E-state index in [4.69, 9.17) is 10.4 Å². The fourth-order valence-electron chi connectivity index (χ4n) is 1.82. The smallest absolute Gasteiger partial charge is 0.407 e. The lowest BCUT2D eigenvalue weighted by Crippen LogP contribution is -2.40. The highest BCUT2D eigenvalue weighted by Crippen LogP contribution is 2.25. The summed E-state index contributed by atoms with van der Waals surface area (Å²) in [6.07, 6.45) is -0.937. The van der Waals surface area contributed by atoms with Crippen LogP contribution in [0.1, 0.15) is 24.4 Å². The minimum absolute atomic E-state index is 0.245. The molecule has 1 aliphatic rings. The van der Waals surface area contributed by atoms with Gasteiger partial charge in [0.15, 0.2) is 5.69 Å². The molecule has 1 N–H and O–H groups in total. The number of hydrogen-bond donors (Lipinski definition) is 1. The zero-order chi connectivity index (χ0) is 11.0. The molecule has 0 bridgehead atoms. The van der Waals surface area contributed by atoms with E-state index in [1.165, 1.54) is 4.90 Å². The molecule has 0 fully saturated rings. The van der Waals surface area contributed by atoms with Crippen LogP contribution in [0, 0.1) is 11.3 Å². The molecule has 6 nitrogen and oxygen atoms in total. The molecule has 1 atom stereocenters. The molecule has 1 aliphatic heterocycles. The topological polar surface area (TPSA) is 82.2 Å². The molecule has 15 heavy (non-hydrogen) atoms. The van der Waals surface area contributed by atoms with Crippen molar-refractivity contribution in [1.82, 2.24) is 14.7 Å². The third kappa shape index (κ3) is 1.42. The maximum Gasteiger partial charge on any atom is 0.407 e. The molecule has 0 aromatic carbocycles. The Morgan fingerprint density at radius 2 is 2.47 bits per heavy atom. The number of rotatable bonds is 0. The van der Waals surface area contributed by atoms with E-state index in [-0.39, 0.29) is 6.04 Å². The van der Waals surface area contributed by atoms with E-state index < -0.39 is 6.09 Å². The Balaban J connectivity index is 2.38. The zero-order valence-corrected chi connectivity index (χ0v) is 8.21. The minimum Gasteiger partial charge on any atom is -0.465 e. The Labute approximate surface area is 86.3 Å². The van der Waals surface area contributed by atoms with Crippen LogP contribution in [0.3, 0.4) is 0 Å². The first-order valence-electron chi connectivity index (χ1n) is 4.61. The van der Waals surface area contributed by atoms with E-state index in [1.54, 1.807) is 17.7 Å². The SMILES string of the molecule is C[C@H]1c2cc(C#N)nn2CCN1C(=O)O. The molecular weight excluding hydrogens is 196 g/mol. The molecule has 0 radical (unpaired) electrons.